The molecular weight excluding hydrogens is 222 g/mol. The van der Waals surface area contributed by atoms with Crippen LogP contribution < -0.4 is 5.32 Å². The van der Waals surface area contributed by atoms with Gasteiger partial charge >= 0.3 is 0 Å². The number of guanidine groups is 1. The molecule has 0 saturated carbocycles. The molecule has 0 saturated heterocycles. The minimum absolute atomic E-state index is 0.664. The molecule has 0 atom stereocenters. The molecule has 16 heavy (non-hydrogen) atoms. The highest BCUT2D eigenvalue weighted by atomic mass is 35.5. The molecule has 0 aliphatic carbocycles. The maximum Gasteiger partial charge on any atom is 0.193 e. The van der Waals surface area contributed by atoms with Crippen molar-refractivity contribution >= 4 is 17.6 Å². The first-order valence-electron chi connectivity index (χ1n) is 5.33. The van der Waals surface area contributed by atoms with Crippen LogP contribution in [0.1, 0.15) is 12.5 Å². The first kappa shape index (κ1) is 12.8. The molecule has 1 aromatic carbocycles. The summed E-state index contributed by atoms with van der Waals surface area (Å²) in [5.74, 6) is 0.900. The first-order chi connectivity index (χ1) is 7.63. The minimum Gasteiger partial charge on any atom is -0.357 e. The molecular formula is C12H18ClN3. The summed E-state index contributed by atoms with van der Waals surface area (Å²) in [5.41, 5.74) is 1.15. The topological polar surface area (TPSA) is 27.6 Å². The van der Waals surface area contributed by atoms with Gasteiger partial charge in [-0.3, -0.25) is 0 Å². The second kappa shape index (κ2) is 6.38. The second-order valence-corrected chi connectivity index (χ2v) is 4.13. The van der Waals surface area contributed by atoms with Crippen molar-refractivity contribution in [3.8, 4) is 0 Å². The highest BCUT2D eigenvalue weighted by Crippen LogP contribution is 2.10. The Morgan fingerprint density at radius 2 is 1.94 bits per heavy atom. The van der Waals surface area contributed by atoms with Gasteiger partial charge in [-0.25, -0.2) is 4.99 Å². The van der Waals surface area contributed by atoms with Crippen LogP contribution in [-0.4, -0.2) is 31.5 Å². The molecule has 0 aliphatic heterocycles. The number of hydrogen-bond donors (Lipinski definition) is 1. The van der Waals surface area contributed by atoms with Crippen molar-refractivity contribution < 1.29 is 0 Å². The van der Waals surface area contributed by atoms with Gasteiger partial charge in [0.05, 0.1) is 6.54 Å². The van der Waals surface area contributed by atoms with Crippen molar-refractivity contribution in [2.75, 3.05) is 20.6 Å². The quantitative estimate of drug-likeness (QED) is 0.648. The number of hydrogen-bond acceptors (Lipinski definition) is 1. The number of nitrogens with zero attached hydrogens (tertiary/aromatic N) is 2. The van der Waals surface area contributed by atoms with Crippen molar-refractivity contribution in [2.45, 2.75) is 13.5 Å². The Kier molecular flexibility index (Phi) is 5.12. The van der Waals surface area contributed by atoms with Gasteiger partial charge in [-0.1, -0.05) is 23.7 Å². The molecule has 1 aromatic rings. The summed E-state index contributed by atoms with van der Waals surface area (Å²) < 4.78 is 0. The van der Waals surface area contributed by atoms with Crippen LogP contribution in [0.2, 0.25) is 5.02 Å². The highest BCUT2D eigenvalue weighted by molar-refractivity contribution is 6.30. The van der Waals surface area contributed by atoms with Gasteiger partial charge in [0.15, 0.2) is 5.96 Å². The summed E-state index contributed by atoms with van der Waals surface area (Å²) >= 11 is 5.82. The average Bonchev–Trinajstić information content (AvgIpc) is 2.26. The number of benzene rings is 1. The zero-order chi connectivity index (χ0) is 12.0. The van der Waals surface area contributed by atoms with E-state index in [4.69, 9.17) is 11.6 Å². The first-order valence-corrected chi connectivity index (χ1v) is 5.71. The maximum atomic E-state index is 5.82. The molecule has 0 amide bonds. The summed E-state index contributed by atoms with van der Waals surface area (Å²) in [6, 6.07) is 7.75. The Balaban J connectivity index is 2.65. The van der Waals surface area contributed by atoms with E-state index in [2.05, 4.69) is 17.2 Å². The fourth-order valence-electron chi connectivity index (χ4n) is 1.27. The molecule has 88 valence electrons. The third kappa shape index (κ3) is 4.11. The Labute approximate surface area is 102 Å². The molecule has 0 bridgehead atoms. The number of aliphatic imine (C=N–C) groups is 1. The fourth-order valence-corrected chi connectivity index (χ4v) is 1.40. The van der Waals surface area contributed by atoms with Crippen LogP contribution >= 0.6 is 11.6 Å². The van der Waals surface area contributed by atoms with Crippen molar-refractivity contribution in [1.82, 2.24) is 10.2 Å². The second-order valence-electron chi connectivity index (χ2n) is 3.69. The van der Waals surface area contributed by atoms with Gasteiger partial charge in [-0.2, -0.15) is 0 Å². The molecule has 0 radical (unpaired) electrons. The molecule has 0 aliphatic rings. The van der Waals surface area contributed by atoms with E-state index in [0.29, 0.717) is 6.54 Å². The van der Waals surface area contributed by atoms with E-state index >= 15 is 0 Å². The lowest BCUT2D eigenvalue weighted by Gasteiger charge is -2.16. The molecule has 0 spiro atoms. The zero-order valence-electron chi connectivity index (χ0n) is 10.00. The third-order valence-corrected chi connectivity index (χ3v) is 2.34. The van der Waals surface area contributed by atoms with Gasteiger partial charge in [0.1, 0.15) is 0 Å². The Morgan fingerprint density at radius 1 is 1.31 bits per heavy atom. The molecule has 0 fully saturated rings. The Hall–Kier alpha value is -1.22. The molecule has 4 heteroatoms. The molecule has 0 unspecified atom stereocenters. The predicted octanol–water partition coefficient (Wildman–Crippen LogP) is 2.37. The monoisotopic (exact) mass is 239 g/mol. The van der Waals surface area contributed by atoms with Crippen LogP contribution in [0.15, 0.2) is 29.3 Å². The summed E-state index contributed by atoms with van der Waals surface area (Å²) in [6.45, 7) is 3.59. The number of rotatable bonds is 3. The normalized spacial score (nSPS) is 11.4. The smallest absolute Gasteiger partial charge is 0.193 e. The molecule has 1 N–H and O–H groups in total. The molecule has 0 heterocycles. The largest absolute Gasteiger partial charge is 0.357 e. The van der Waals surface area contributed by atoms with Crippen molar-refractivity contribution in [1.29, 1.82) is 0 Å². The van der Waals surface area contributed by atoms with E-state index in [-0.39, 0.29) is 0 Å². The van der Waals surface area contributed by atoms with Crippen LogP contribution in [0.4, 0.5) is 0 Å². The Bertz CT molecular complexity index is 344. The minimum atomic E-state index is 0.664. The van der Waals surface area contributed by atoms with E-state index in [1.54, 1.807) is 0 Å². The van der Waals surface area contributed by atoms with Gasteiger partial charge in [0.25, 0.3) is 0 Å². The Morgan fingerprint density at radius 3 is 2.44 bits per heavy atom. The number of nitrogens with one attached hydrogen (secondary N) is 1. The van der Waals surface area contributed by atoms with Gasteiger partial charge < -0.3 is 10.2 Å². The van der Waals surface area contributed by atoms with Crippen LogP contribution in [-0.2, 0) is 6.54 Å². The van der Waals surface area contributed by atoms with E-state index in [0.717, 1.165) is 23.1 Å². The average molecular weight is 240 g/mol. The van der Waals surface area contributed by atoms with Crippen LogP contribution in [0.5, 0.6) is 0 Å². The highest BCUT2D eigenvalue weighted by Gasteiger charge is 1.99. The lowest BCUT2D eigenvalue weighted by molar-refractivity contribution is 0.583. The van der Waals surface area contributed by atoms with Gasteiger partial charge in [-0.05, 0) is 24.6 Å². The summed E-state index contributed by atoms with van der Waals surface area (Å²) in [5, 5.41) is 3.97. The SMILES string of the molecule is CCNC(=NCc1ccc(Cl)cc1)N(C)C. The lowest BCUT2D eigenvalue weighted by atomic mass is 10.2. The standard InChI is InChI=1S/C12H18ClN3/c1-4-14-12(16(2)3)15-9-10-5-7-11(13)8-6-10/h5-8H,4,9H2,1-3H3,(H,14,15). The van der Waals surface area contributed by atoms with Crippen molar-refractivity contribution in [3.05, 3.63) is 34.9 Å². The fraction of sp³-hybridized carbons (Fsp3) is 0.417. The summed E-state index contributed by atoms with van der Waals surface area (Å²) in [7, 11) is 3.95. The van der Waals surface area contributed by atoms with E-state index in [1.807, 2.05) is 43.3 Å². The van der Waals surface area contributed by atoms with E-state index < -0.39 is 0 Å². The van der Waals surface area contributed by atoms with Crippen LogP contribution in [0, 0.1) is 0 Å². The lowest BCUT2D eigenvalue weighted by Crippen LogP contribution is -2.36. The zero-order valence-corrected chi connectivity index (χ0v) is 10.8. The summed E-state index contributed by atoms with van der Waals surface area (Å²) in [4.78, 5) is 6.47. The summed E-state index contributed by atoms with van der Waals surface area (Å²) in [6.07, 6.45) is 0. The maximum absolute atomic E-state index is 5.82. The molecule has 3 nitrogen and oxygen atoms in total. The third-order valence-electron chi connectivity index (χ3n) is 2.08. The van der Waals surface area contributed by atoms with E-state index in [1.165, 1.54) is 0 Å². The van der Waals surface area contributed by atoms with Crippen LogP contribution in [0.3, 0.4) is 0 Å². The van der Waals surface area contributed by atoms with Gasteiger partial charge in [0, 0.05) is 25.7 Å². The van der Waals surface area contributed by atoms with Crippen LogP contribution in [0.25, 0.3) is 0 Å². The predicted molar refractivity (Wildman–Crippen MR) is 70.0 cm³/mol. The number of halogens is 1. The van der Waals surface area contributed by atoms with E-state index in [9.17, 15) is 0 Å². The van der Waals surface area contributed by atoms with Gasteiger partial charge in [0.2, 0.25) is 0 Å². The van der Waals surface area contributed by atoms with Gasteiger partial charge in [-0.15, -0.1) is 0 Å². The van der Waals surface area contributed by atoms with Crippen molar-refractivity contribution in [2.24, 2.45) is 4.99 Å². The molecule has 1 rings (SSSR count). The molecule has 0 aromatic heterocycles. The van der Waals surface area contributed by atoms with Crippen molar-refractivity contribution in [3.63, 3.8) is 0 Å².